The van der Waals surface area contributed by atoms with Crippen molar-refractivity contribution in [2.45, 2.75) is 203 Å². The molecule has 0 aliphatic carbocycles. The Balaban J connectivity index is 1.15. The van der Waals surface area contributed by atoms with Gasteiger partial charge in [0.1, 0.15) is 84.0 Å². The van der Waals surface area contributed by atoms with Crippen LogP contribution in [0.4, 0.5) is 0 Å². The number of likely N-dealkylation sites (N-methyl/N-ethyl adjacent to an activating group) is 5. The zero-order valence-corrected chi connectivity index (χ0v) is 80.5. The third-order valence-corrected chi connectivity index (χ3v) is 25.4. The van der Waals surface area contributed by atoms with Crippen LogP contribution in [0.2, 0.25) is 0 Å². The summed E-state index contributed by atoms with van der Waals surface area (Å²) >= 11 is 0.815. The number of phenols is 2. The highest BCUT2D eigenvalue weighted by Gasteiger charge is 2.44. The number of unbranched alkanes of at least 4 members (excludes halogenated alkanes) is 2. The van der Waals surface area contributed by atoms with Crippen LogP contribution >= 0.6 is 11.8 Å². The van der Waals surface area contributed by atoms with Gasteiger partial charge in [-0.1, -0.05) is 175 Å². The van der Waals surface area contributed by atoms with E-state index in [1.54, 1.807) is 111 Å². The number of fused-ring (bicyclic) bond motifs is 2. The number of rotatable bonds is 28. The number of nitrogens with zero attached hydrogens (tertiary/aromatic N) is 5. The highest BCUT2D eigenvalue weighted by molar-refractivity contribution is 8.00. The van der Waals surface area contributed by atoms with E-state index in [9.17, 15) is 54.0 Å². The zero-order chi connectivity index (χ0) is 101. The summed E-state index contributed by atoms with van der Waals surface area (Å²) in [4.78, 5) is 264. The Labute approximate surface area is 810 Å². The molecule has 0 radical (unpaired) electrons. The number of nitrogens with one attached hydrogen (secondary N) is 11. The number of primary amides is 1. The number of para-hydroxylation sites is 2. The molecule has 9 rings (SSSR count). The number of aromatic hydroxyl groups is 2. The van der Waals surface area contributed by atoms with Gasteiger partial charge in [0.05, 0.1) is 25.3 Å². The summed E-state index contributed by atoms with van der Waals surface area (Å²) in [7, 11) is 6.42. The number of carbonyl (C=O) groups is 17. The van der Waals surface area contributed by atoms with Crippen molar-refractivity contribution in [2.75, 3.05) is 59.8 Å². The average Bonchev–Trinajstić information content (AvgIpc) is 1.74. The van der Waals surface area contributed by atoms with E-state index in [1.807, 2.05) is 31.2 Å². The Morgan fingerprint density at radius 1 is 0.439 bits per heavy atom. The molecule has 1 fully saturated rings. The molecule has 1 saturated heterocycles. The number of carbonyl (C=O) groups excluding carboxylic acids is 15. The number of benzene rings is 6. The lowest BCUT2D eigenvalue weighted by Gasteiger charge is -2.37. The highest BCUT2D eigenvalue weighted by Crippen LogP contribution is 2.28. The van der Waals surface area contributed by atoms with Crippen LogP contribution in [0.1, 0.15) is 126 Å². The fourth-order valence-corrected chi connectivity index (χ4v) is 17.5. The SMILES string of the molecule is CCCCC[C@H]1C(=O)N(C)CC(=O)N[C@@H](CC(=O)O)C(=O)N[C@@H](C(C)C)C(=O)N(C)[C@@H](Cc2ccccc2)C(=O)N[C@@H](Cc2ccc(O)cc2)C(=O)N(C)[C@H](CCC(=O)O)C(=O)N[C@@H](Cc2c[nH]c3ccccc23)C(=O)N[C@@H](Cc2ccc(O)cc2)C(=O)N[C@@H](CC(C)C)C(=O)N[C@H](C(=O)NCC(N)=O)CSCC(=O)N[C@@H](CCc2ccccc2)C(=O)N(C)[C@@H](Cc2c[nH]c3ccccc23)C(=O)N1C. The second kappa shape index (κ2) is 52.0. The summed E-state index contributed by atoms with van der Waals surface area (Å²) in [5, 5.41) is 66.8. The standard InChI is InChI=1S/C100H127N17O21S/c1-11-12-15-32-80-98(136)113(6)55-84(121)106-76(51-87(125)126)93(131)112-88(59(4)5)100(138)116(9)81(48-61-26-18-14-19-27-61)95(133)110-77(47-63-35-40-67(119)41-36-63)97(135)114(7)79(43-44-86(123)124)94(132)109-75(49-64-52-102-70-30-22-20-28-68(64)70)92(130)108-74(46-62-33-38-66(118)39-34-62)91(129)107-73(45-58(2)3)90(128)111-78(89(127)104-54-83(101)120)56-139-57-85(122)105-72(42-37-60-24-16-13-17-25-60)96(134)117(10)82(99(137)115(80)8)50-65-53-103-71-31-23-21-29-69(65)71/h13-14,16-31,33-36,38-41,52-53,58-59,72-82,88,102-103,118-119H,11-12,15,32,37,42-51,54-57H2,1-10H3,(H2,101,120)(H,104,127)(H,105,122)(H,106,121)(H,107,129)(H,108,130)(H,109,132)(H,110,133)(H,111,128)(H,112,131)(H,123,124)(H,125,126)/t72-,73-,74-,75-,76-,77-,78-,79+,80-,81-,82-,88-/m0/s1. The molecule has 2 aromatic heterocycles. The molecule has 139 heavy (non-hydrogen) atoms. The maximum Gasteiger partial charge on any atom is 0.305 e. The predicted octanol–water partition coefficient (Wildman–Crippen LogP) is 3.82. The molecule has 1 aliphatic heterocycles. The number of H-pyrrole nitrogens is 2. The summed E-state index contributed by atoms with van der Waals surface area (Å²) < 4.78 is 0. The van der Waals surface area contributed by atoms with E-state index < -0.39 is 235 Å². The average molecular weight is 1940 g/mol. The number of carboxylic acid groups (broad SMARTS) is 2. The van der Waals surface area contributed by atoms with Gasteiger partial charge in [-0.2, -0.15) is 0 Å². The van der Waals surface area contributed by atoms with Gasteiger partial charge in [0, 0.05) is 114 Å². The lowest BCUT2D eigenvalue weighted by atomic mass is 9.98. The van der Waals surface area contributed by atoms with Crippen LogP contribution in [0.3, 0.4) is 0 Å². The number of hydrogen-bond acceptors (Lipinski definition) is 20. The molecule has 17 N–H and O–H groups in total. The number of aromatic amines is 2. The van der Waals surface area contributed by atoms with Crippen molar-refractivity contribution in [3.63, 3.8) is 0 Å². The van der Waals surface area contributed by atoms with Gasteiger partial charge in [-0.25, -0.2) is 0 Å². The summed E-state index contributed by atoms with van der Waals surface area (Å²) in [5.41, 5.74) is 9.66. The third kappa shape index (κ3) is 31.7. The maximum absolute atomic E-state index is 15.9. The van der Waals surface area contributed by atoms with Crippen LogP contribution in [0.15, 0.2) is 170 Å². The first kappa shape index (κ1) is 108. The van der Waals surface area contributed by atoms with Gasteiger partial charge < -0.3 is 108 Å². The molecule has 0 saturated carbocycles. The Morgan fingerprint density at radius 3 is 1.47 bits per heavy atom. The Morgan fingerprint density at radius 2 is 0.914 bits per heavy atom. The summed E-state index contributed by atoms with van der Waals surface area (Å²) in [6.07, 6.45) is 0.746. The van der Waals surface area contributed by atoms with E-state index in [0.29, 0.717) is 68.9 Å². The van der Waals surface area contributed by atoms with Crippen LogP contribution < -0.4 is 53.6 Å². The van der Waals surface area contributed by atoms with Crippen LogP contribution in [0, 0.1) is 11.8 Å². The fraction of sp³-hybridized carbons (Fsp3) is 0.430. The number of hydrogen-bond donors (Lipinski definition) is 16. The third-order valence-electron chi connectivity index (χ3n) is 24.4. The summed E-state index contributed by atoms with van der Waals surface area (Å²) in [6.45, 7) is 6.89. The van der Waals surface area contributed by atoms with Crippen LogP contribution in [0.5, 0.6) is 11.5 Å². The lowest BCUT2D eigenvalue weighted by molar-refractivity contribution is -0.151. The first-order chi connectivity index (χ1) is 66.2. The molecule has 38 nitrogen and oxygen atoms in total. The number of aliphatic carboxylic acids is 2. The molecular weight excluding hydrogens is 1810 g/mol. The number of carboxylic acids is 2. The molecule has 744 valence electrons. The first-order valence-electron chi connectivity index (χ1n) is 46.2. The molecule has 15 amide bonds. The van der Waals surface area contributed by atoms with Crippen molar-refractivity contribution in [2.24, 2.45) is 17.6 Å². The first-order valence-corrected chi connectivity index (χ1v) is 47.4. The van der Waals surface area contributed by atoms with Crippen LogP contribution in [-0.4, -0.2) is 288 Å². The normalized spacial score (nSPS) is 21.8. The number of phenolic OH excluding ortho intramolecular Hbond substituents is 2. The van der Waals surface area contributed by atoms with Gasteiger partial charge in [0.2, 0.25) is 88.6 Å². The summed E-state index contributed by atoms with van der Waals surface area (Å²) in [5.74, 6) is -20.0. The molecule has 1 aliphatic rings. The minimum absolute atomic E-state index is 0.0148. The molecule has 0 bridgehead atoms. The number of amides is 15. The molecule has 12 atom stereocenters. The molecule has 39 heteroatoms. The predicted molar refractivity (Wildman–Crippen MR) is 519 cm³/mol. The summed E-state index contributed by atoms with van der Waals surface area (Å²) in [6, 6.07) is 22.9. The largest absolute Gasteiger partial charge is 0.508 e. The monoisotopic (exact) mass is 1930 g/mol. The number of nitrogens with two attached hydrogens (primary N) is 1. The smallest absolute Gasteiger partial charge is 0.305 e. The molecule has 8 aromatic rings. The highest BCUT2D eigenvalue weighted by atomic mass is 32.2. The van der Waals surface area contributed by atoms with Gasteiger partial charge in [-0.05, 0) is 114 Å². The van der Waals surface area contributed by atoms with Gasteiger partial charge in [-0.3, -0.25) is 81.5 Å². The molecule has 0 spiro atoms. The van der Waals surface area contributed by atoms with Gasteiger partial charge in [0.25, 0.3) is 0 Å². The minimum Gasteiger partial charge on any atom is -0.508 e. The fourth-order valence-electron chi connectivity index (χ4n) is 16.6. The van der Waals surface area contributed by atoms with Crippen molar-refractivity contribution >= 4 is 134 Å². The quantitative estimate of drug-likeness (QED) is 0.0310. The van der Waals surface area contributed by atoms with E-state index in [4.69, 9.17) is 5.73 Å². The number of aryl methyl sites for hydroxylation is 1. The van der Waals surface area contributed by atoms with E-state index in [0.717, 1.165) is 39.1 Å². The van der Waals surface area contributed by atoms with E-state index >= 15 is 47.9 Å². The Bertz CT molecular complexity index is 5640. The van der Waals surface area contributed by atoms with Crippen molar-refractivity contribution < 1.29 is 102 Å². The van der Waals surface area contributed by atoms with E-state index in [2.05, 4.69) is 57.8 Å². The van der Waals surface area contributed by atoms with Crippen molar-refractivity contribution in [1.29, 1.82) is 0 Å². The molecule has 0 unspecified atom stereocenters. The van der Waals surface area contributed by atoms with Crippen molar-refractivity contribution in [3.8, 4) is 11.5 Å². The second-order valence-electron chi connectivity index (χ2n) is 35.8. The van der Waals surface area contributed by atoms with Gasteiger partial charge >= 0.3 is 11.9 Å². The maximum atomic E-state index is 15.9. The van der Waals surface area contributed by atoms with Crippen LogP contribution in [-0.2, 0) is 120 Å². The number of thioether (sulfide) groups is 1. The lowest BCUT2D eigenvalue weighted by Crippen LogP contribution is -2.62. The van der Waals surface area contributed by atoms with E-state index in [-0.39, 0.29) is 62.9 Å². The topological polar surface area (TPSA) is 553 Å². The van der Waals surface area contributed by atoms with Crippen molar-refractivity contribution in [3.05, 3.63) is 203 Å². The Hall–Kier alpha value is -14.7. The van der Waals surface area contributed by atoms with E-state index in [1.165, 1.54) is 100 Å². The molecule has 6 aromatic carbocycles. The van der Waals surface area contributed by atoms with Gasteiger partial charge in [0.15, 0.2) is 0 Å². The zero-order valence-electron chi connectivity index (χ0n) is 79.6. The van der Waals surface area contributed by atoms with Crippen molar-refractivity contribution in [1.82, 2.24) is 82.3 Å². The molecule has 3 heterocycles. The second-order valence-corrected chi connectivity index (χ2v) is 36.8. The minimum atomic E-state index is -1.95. The van der Waals surface area contributed by atoms with Gasteiger partial charge in [-0.15, -0.1) is 11.8 Å². The Kier molecular flexibility index (Phi) is 40.4. The number of aromatic nitrogens is 2. The van der Waals surface area contributed by atoms with Crippen LogP contribution in [0.25, 0.3) is 21.8 Å². The molecular formula is C100H127N17O21S.